The molecular weight excluding hydrogens is 1560 g/mol. The van der Waals surface area contributed by atoms with Crippen LogP contribution in [0.2, 0.25) is 0 Å². The van der Waals surface area contributed by atoms with Crippen molar-refractivity contribution < 1.29 is 108 Å². The molecule has 0 saturated carbocycles. The molecular formula is C74H63F9N12O15S3. The smallest absolute Gasteiger partial charge is 0.395 e. The number of nitriles is 3. The Morgan fingerprint density at radius 2 is 0.982 bits per heavy atom. The molecule has 6 aromatic rings. The van der Waals surface area contributed by atoms with Crippen molar-refractivity contribution in [3.05, 3.63) is 200 Å². The van der Waals surface area contributed by atoms with Gasteiger partial charge in [0.05, 0.1) is 102 Å². The van der Waals surface area contributed by atoms with Crippen LogP contribution < -0.4 is 20.0 Å². The van der Waals surface area contributed by atoms with Gasteiger partial charge >= 0.3 is 42.7 Å². The van der Waals surface area contributed by atoms with E-state index in [2.05, 4.69) is 15.3 Å². The molecule has 0 unspecified atom stereocenters. The van der Waals surface area contributed by atoms with Gasteiger partial charge in [0.25, 0.3) is 0 Å². The number of aliphatic hydroxyl groups excluding tert-OH is 1. The molecule has 2 N–H and O–H groups in total. The number of alkyl halides is 9. The predicted molar refractivity (Wildman–Crippen MR) is 379 cm³/mol. The molecule has 0 bridgehead atoms. The highest BCUT2D eigenvalue weighted by Gasteiger charge is 2.53. The number of rotatable bonds is 15. The van der Waals surface area contributed by atoms with Crippen molar-refractivity contribution >= 4 is 94.1 Å². The number of allylic oxidation sites excluding steroid dienone is 3. The number of Topliss-reactive ketones (excluding diaryl/α,β-unsaturated/α-hetero) is 3. The second-order valence-corrected chi connectivity index (χ2v) is 32.2. The molecule has 3 aliphatic carbocycles. The van der Waals surface area contributed by atoms with E-state index in [9.17, 15) is 124 Å². The molecule has 0 fully saturated rings. The second kappa shape index (κ2) is 32.0. The van der Waals surface area contributed by atoms with Crippen molar-refractivity contribution in [2.75, 3.05) is 52.7 Å². The molecule has 5 heterocycles. The topological polar surface area (TPSA) is 388 Å². The maximum absolute atomic E-state index is 13.9. The number of amides is 9. The van der Waals surface area contributed by atoms with E-state index in [0.717, 1.165) is 86.8 Å². The molecule has 27 nitrogen and oxygen atoms in total. The maximum atomic E-state index is 13.9. The summed E-state index contributed by atoms with van der Waals surface area (Å²) in [5.74, 6) is -3.57. The van der Waals surface area contributed by atoms with E-state index < -0.39 is 143 Å². The fourth-order valence-electron chi connectivity index (χ4n) is 13.9. The number of aliphatic hydroxyl groups is 1. The average Bonchev–Trinajstić information content (AvgIpc) is 1.39. The fourth-order valence-corrected chi connectivity index (χ4v) is 17.3. The van der Waals surface area contributed by atoms with Crippen LogP contribution in [-0.2, 0) is 67.2 Å². The number of urea groups is 4. The summed E-state index contributed by atoms with van der Waals surface area (Å²) in [6, 6.07) is 16.0. The van der Waals surface area contributed by atoms with Gasteiger partial charge in [-0.15, -0.1) is 0 Å². The average molecular weight is 1630 g/mol. The van der Waals surface area contributed by atoms with Crippen LogP contribution >= 0.6 is 0 Å². The number of nitrogens with one attached hydrogen (secondary N) is 1. The van der Waals surface area contributed by atoms with Crippen LogP contribution in [0.3, 0.4) is 0 Å². The summed E-state index contributed by atoms with van der Waals surface area (Å²) in [6.45, 7) is 3.98. The molecule has 113 heavy (non-hydrogen) atoms. The van der Waals surface area contributed by atoms with Crippen molar-refractivity contribution in [2.24, 2.45) is 0 Å². The molecule has 6 aliphatic rings. The Bertz CT molecular complexity index is 5630. The van der Waals surface area contributed by atoms with Gasteiger partial charge < -0.3 is 15.3 Å². The number of aromatic nitrogens is 2. The zero-order chi connectivity index (χ0) is 83.1. The van der Waals surface area contributed by atoms with Crippen molar-refractivity contribution in [1.29, 1.82) is 15.8 Å². The molecule has 2 aromatic heterocycles. The summed E-state index contributed by atoms with van der Waals surface area (Å²) in [4.78, 5) is 119. The first-order chi connectivity index (χ1) is 53.0. The summed E-state index contributed by atoms with van der Waals surface area (Å²) < 4.78 is 198. The van der Waals surface area contributed by atoms with Crippen LogP contribution in [0.5, 0.6) is 0 Å². The zero-order valence-electron chi connectivity index (χ0n) is 59.9. The highest BCUT2D eigenvalue weighted by Crippen LogP contribution is 2.51. The minimum absolute atomic E-state index is 0.00233. The Morgan fingerprint density at radius 3 is 1.47 bits per heavy atom. The predicted octanol–water partition coefficient (Wildman–Crippen LogP) is 12.0. The van der Waals surface area contributed by atoms with Crippen LogP contribution in [0.1, 0.15) is 140 Å². The number of ketones is 3. The summed E-state index contributed by atoms with van der Waals surface area (Å²) in [5, 5.41) is 39.6. The largest absolute Gasteiger partial charge is 0.433 e. The van der Waals surface area contributed by atoms with Gasteiger partial charge in [-0.2, -0.15) is 55.3 Å². The molecule has 4 aromatic carbocycles. The van der Waals surface area contributed by atoms with Crippen LogP contribution in [-0.4, -0.2) is 140 Å². The monoisotopic (exact) mass is 1630 g/mol. The number of hydrogen-bond donors (Lipinski definition) is 2. The van der Waals surface area contributed by atoms with Gasteiger partial charge in [-0.25, -0.2) is 59.2 Å². The molecule has 0 radical (unpaired) electrons. The van der Waals surface area contributed by atoms with Crippen LogP contribution in [0, 0.1) is 34.0 Å². The zero-order valence-corrected chi connectivity index (χ0v) is 62.3. The molecule has 9 amide bonds. The van der Waals surface area contributed by atoms with E-state index in [4.69, 9.17) is 0 Å². The van der Waals surface area contributed by atoms with Gasteiger partial charge in [-0.05, 0) is 128 Å². The third-order valence-electron chi connectivity index (χ3n) is 18.8. The van der Waals surface area contributed by atoms with Crippen LogP contribution in [0.15, 0.2) is 164 Å². The van der Waals surface area contributed by atoms with Crippen molar-refractivity contribution in [3.8, 4) is 18.2 Å². The van der Waals surface area contributed by atoms with Crippen molar-refractivity contribution in [1.82, 2.24) is 30.0 Å². The standard InChI is InChI=1S/C25H22F3N5O5S.C25H21F3N4O5S.C24H20F3N3O5S/c1-3-30-23(35)33-22(16-6-5-14(13-29)11-19(16)39(37,38)4-2)21-17(7-8-18(21)34)32(24(33)36)15-9-10-31-20(12-15)25(26,27)28;1-3-4-21(34)32-23(16-6-5-14(13-29)11-19(16)38(2,36)37)22-17(7-8-18(22)33)31(24(32)35)20-12-15(9-10-30-20)25(26,27)28;1-29-22(17-6-5-14(13-28)11-20(17)36(34,35)10-9-31)21-18(7-8-19(21)32)30(23(29)33)16-4-2-3-15(12-16)24(25,26)27/h5-6,9-12,22H,3-4,7-8H2,1-2H3,(H,30,35);5-6,9-12,23H,3-4,7-8H2,1-2H3;2-6,11-12,22,31H,7-10H2,1H3/t22-;23-;22-/m111/s1. The Balaban J connectivity index is 0.000000180. The lowest BCUT2D eigenvalue weighted by atomic mass is 9.92. The van der Waals surface area contributed by atoms with E-state index in [1.54, 1.807) is 13.8 Å². The minimum Gasteiger partial charge on any atom is -0.395 e. The SMILES string of the molecule is CCCC(=O)N1C(=O)N(c2cc(C(F)(F)F)ccn2)C2=C(C(=O)CC2)[C@H]1c1ccc(C#N)cc1S(C)(=O)=O.CCNC(=O)N1C(=O)N(c2ccnc(C(F)(F)F)c2)C2=C(C(=O)CC2)[C@H]1c1ccc(C#N)cc1S(=O)(=O)CC.CN1C(=O)N(c2cccc(C(F)(F)F)c2)C2=C(C(=O)CC2)[C@H]1c1ccc(C#N)cc1S(=O)(=O)CCO. The normalized spacial score (nSPS) is 18.1. The van der Waals surface area contributed by atoms with Gasteiger partial charge in [-0.1, -0.05) is 38.1 Å². The van der Waals surface area contributed by atoms with E-state index in [1.165, 1.54) is 56.4 Å². The number of halogens is 9. The first kappa shape index (κ1) is 83.5. The quantitative estimate of drug-likeness (QED) is 0.0902. The summed E-state index contributed by atoms with van der Waals surface area (Å²) >= 11 is 0. The highest BCUT2D eigenvalue weighted by atomic mass is 32.2. The number of likely N-dealkylation sites (N-methyl/N-ethyl adjacent to an activating group) is 1. The summed E-state index contributed by atoms with van der Waals surface area (Å²) in [5.41, 5.74) is -3.51. The van der Waals surface area contributed by atoms with E-state index in [1.807, 2.05) is 18.2 Å². The molecule has 3 aliphatic heterocycles. The Kier molecular flexibility index (Phi) is 23.6. The summed E-state index contributed by atoms with van der Waals surface area (Å²) in [6.07, 6.45) is -11.7. The highest BCUT2D eigenvalue weighted by molar-refractivity contribution is 7.92. The number of sulfone groups is 3. The van der Waals surface area contributed by atoms with Crippen molar-refractivity contribution in [3.63, 3.8) is 0 Å². The van der Waals surface area contributed by atoms with Crippen LogP contribution in [0.4, 0.5) is 75.9 Å². The van der Waals surface area contributed by atoms with Gasteiger partial charge in [0.2, 0.25) is 5.91 Å². The third-order valence-corrected chi connectivity index (χ3v) is 23.5. The molecule has 0 saturated heterocycles. The number of benzene rings is 4. The van der Waals surface area contributed by atoms with Gasteiger partial charge in [0, 0.05) is 91.7 Å². The maximum Gasteiger partial charge on any atom is 0.433 e. The number of hydrogen-bond acceptors (Lipinski definition) is 20. The number of carbonyl (C=O) groups is 8. The van der Waals surface area contributed by atoms with E-state index >= 15 is 0 Å². The lowest BCUT2D eigenvalue weighted by Gasteiger charge is -2.41. The molecule has 0 spiro atoms. The molecule has 590 valence electrons. The fraction of sp³-hybridized carbons (Fsp3) is 0.311. The van der Waals surface area contributed by atoms with E-state index in [0.29, 0.717) is 28.4 Å². The molecule has 12 rings (SSSR count). The Hall–Kier alpha value is -12.0. The van der Waals surface area contributed by atoms with Crippen molar-refractivity contribution in [2.45, 2.75) is 123 Å². The lowest BCUT2D eigenvalue weighted by Crippen LogP contribution is -2.55. The number of nitrogens with zero attached hydrogens (tertiary/aromatic N) is 11. The Morgan fingerprint density at radius 1 is 0.531 bits per heavy atom. The number of imide groups is 2. The van der Waals surface area contributed by atoms with Gasteiger partial charge in [0.15, 0.2) is 46.9 Å². The third kappa shape index (κ3) is 16.3. The first-order valence-corrected chi connectivity index (χ1v) is 39.3. The lowest BCUT2D eigenvalue weighted by molar-refractivity contribution is -0.141. The van der Waals surface area contributed by atoms with E-state index in [-0.39, 0.29) is 156 Å². The Labute approximate surface area is 638 Å². The molecule has 3 atom stereocenters. The number of anilines is 3. The van der Waals surface area contributed by atoms with Gasteiger partial charge in [-0.3, -0.25) is 38.9 Å². The first-order valence-electron chi connectivity index (χ1n) is 34.1. The minimum atomic E-state index is -4.83. The number of pyridine rings is 2. The molecule has 39 heteroatoms. The summed E-state index contributed by atoms with van der Waals surface area (Å²) in [7, 11) is -10.8. The van der Waals surface area contributed by atoms with Gasteiger partial charge in [0.1, 0.15) is 17.6 Å². The number of carbonyl (C=O) groups excluding carboxylic acids is 8. The van der Waals surface area contributed by atoms with Crippen LogP contribution in [0.25, 0.3) is 0 Å². The second-order valence-electron chi connectivity index (χ2n) is 25.9.